The molecule has 9 heteroatoms. The van der Waals surface area contributed by atoms with E-state index in [9.17, 15) is 9.59 Å². The molecule has 1 amide bonds. The van der Waals surface area contributed by atoms with Gasteiger partial charge in [-0.25, -0.2) is 0 Å². The normalized spacial score (nSPS) is 27.9. The third-order valence-corrected chi connectivity index (χ3v) is 7.31. The predicted octanol–water partition coefficient (Wildman–Crippen LogP) is 3.00. The van der Waals surface area contributed by atoms with Gasteiger partial charge in [0.05, 0.1) is 16.7 Å². The standard InChI is InChI=1S/C24H24ClN5O3/c25-21-9-17(4-1-14(21)10-26)33-16-5-2-15(3-6-16)27-24(32)22-7-8-23(29-28-22)30-11-18-19(12-30)20(18)13-31/h1,4,7-9,13,15-16,18-20H,2-3,5-6,11-12H2,(H,27,32). The molecule has 2 unspecified atom stereocenters. The Morgan fingerprint density at radius 2 is 1.91 bits per heavy atom. The fourth-order valence-electron chi connectivity index (χ4n) is 5.01. The molecule has 5 rings (SSSR count). The molecule has 2 atom stereocenters. The van der Waals surface area contributed by atoms with E-state index in [1.54, 1.807) is 24.3 Å². The van der Waals surface area contributed by atoms with E-state index in [0.29, 0.717) is 33.9 Å². The monoisotopic (exact) mass is 465 g/mol. The number of nitrogens with zero attached hydrogens (tertiary/aromatic N) is 4. The number of amides is 1. The summed E-state index contributed by atoms with van der Waals surface area (Å²) < 4.78 is 6.01. The molecule has 33 heavy (non-hydrogen) atoms. The van der Waals surface area contributed by atoms with Crippen molar-refractivity contribution in [3.8, 4) is 11.8 Å². The van der Waals surface area contributed by atoms with E-state index >= 15 is 0 Å². The Bertz CT molecular complexity index is 1080. The summed E-state index contributed by atoms with van der Waals surface area (Å²) in [6, 6.07) is 10.7. The fourth-order valence-corrected chi connectivity index (χ4v) is 5.23. The maximum absolute atomic E-state index is 12.6. The Morgan fingerprint density at radius 1 is 1.15 bits per heavy atom. The van der Waals surface area contributed by atoms with Crippen molar-refractivity contribution in [3.05, 3.63) is 46.6 Å². The van der Waals surface area contributed by atoms with Crippen LogP contribution in [-0.4, -0.2) is 47.6 Å². The first-order valence-corrected chi connectivity index (χ1v) is 11.6. The number of aromatic nitrogens is 2. The summed E-state index contributed by atoms with van der Waals surface area (Å²) in [7, 11) is 0. The number of anilines is 1. The Kier molecular flexibility index (Phi) is 5.90. The molecule has 3 aliphatic rings. The van der Waals surface area contributed by atoms with Crippen LogP contribution in [0.2, 0.25) is 5.02 Å². The number of nitrogens with one attached hydrogen (secondary N) is 1. The molecule has 0 radical (unpaired) electrons. The van der Waals surface area contributed by atoms with Crippen molar-refractivity contribution in [2.75, 3.05) is 18.0 Å². The summed E-state index contributed by atoms with van der Waals surface area (Å²) in [6.07, 6.45) is 4.35. The molecule has 2 aliphatic carbocycles. The molecule has 170 valence electrons. The van der Waals surface area contributed by atoms with Crippen molar-refractivity contribution in [2.24, 2.45) is 17.8 Å². The fraction of sp³-hybridized carbons (Fsp3) is 0.458. The Balaban J connectivity index is 1.09. The number of rotatable bonds is 6. The van der Waals surface area contributed by atoms with Gasteiger partial charge in [-0.3, -0.25) is 4.79 Å². The van der Waals surface area contributed by atoms with Crippen LogP contribution in [-0.2, 0) is 4.79 Å². The minimum atomic E-state index is -0.220. The number of hydrogen-bond acceptors (Lipinski definition) is 7. The number of ether oxygens (including phenoxy) is 1. The lowest BCUT2D eigenvalue weighted by atomic mass is 9.93. The van der Waals surface area contributed by atoms with Gasteiger partial charge in [0, 0.05) is 31.1 Å². The quantitative estimate of drug-likeness (QED) is 0.653. The third kappa shape index (κ3) is 4.51. The number of carbonyl (C=O) groups excluding carboxylic acids is 2. The largest absolute Gasteiger partial charge is 0.490 e. The highest BCUT2D eigenvalue weighted by Gasteiger charge is 2.55. The van der Waals surface area contributed by atoms with E-state index in [-0.39, 0.29) is 24.0 Å². The van der Waals surface area contributed by atoms with E-state index in [1.165, 1.54) is 0 Å². The highest BCUT2D eigenvalue weighted by molar-refractivity contribution is 6.31. The molecule has 1 saturated heterocycles. The maximum atomic E-state index is 12.6. The van der Waals surface area contributed by atoms with Gasteiger partial charge in [-0.05, 0) is 61.8 Å². The second-order valence-electron chi connectivity index (χ2n) is 9.04. The van der Waals surface area contributed by atoms with E-state index < -0.39 is 0 Å². The summed E-state index contributed by atoms with van der Waals surface area (Å²) in [4.78, 5) is 25.7. The van der Waals surface area contributed by atoms with Crippen molar-refractivity contribution in [2.45, 2.75) is 37.8 Å². The zero-order valence-electron chi connectivity index (χ0n) is 18.0. The number of nitriles is 1. The first-order chi connectivity index (χ1) is 16.1. The molecule has 2 saturated carbocycles. The third-order valence-electron chi connectivity index (χ3n) is 7.00. The van der Waals surface area contributed by atoms with Crippen LogP contribution in [0, 0.1) is 29.1 Å². The lowest BCUT2D eigenvalue weighted by Gasteiger charge is -2.29. The van der Waals surface area contributed by atoms with Gasteiger partial charge < -0.3 is 19.7 Å². The van der Waals surface area contributed by atoms with Crippen LogP contribution in [0.15, 0.2) is 30.3 Å². The molecule has 0 spiro atoms. The van der Waals surface area contributed by atoms with Gasteiger partial charge in [0.15, 0.2) is 11.5 Å². The first-order valence-electron chi connectivity index (χ1n) is 11.3. The summed E-state index contributed by atoms with van der Waals surface area (Å²) in [5.41, 5.74) is 0.731. The number of aldehydes is 1. The topological polar surface area (TPSA) is 108 Å². The molecule has 8 nitrogen and oxygen atoms in total. The number of carbonyl (C=O) groups is 2. The number of fused-ring (bicyclic) bond motifs is 1. The lowest BCUT2D eigenvalue weighted by molar-refractivity contribution is -0.109. The van der Waals surface area contributed by atoms with E-state index in [4.69, 9.17) is 21.6 Å². The van der Waals surface area contributed by atoms with Crippen LogP contribution >= 0.6 is 11.6 Å². The lowest BCUT2D eigenvalue weighted by Crippen LogP contribution is -2.40. The molecule has 0 bridgehead atoms. The summed E-state index contributed by atoms with van der Waals surface area (Å²) in [5, 5.41) is 20.8. The highest BCUT2D eigenvalue weighted by Crippen LogP contribution is 2.50. The van der Waals surface area contributed by atoms with Crippen LogP contribution in [0.4, 0.5) is 5.82 Å². The minimum Gasteiger partial charge on any atom is -0.490 e. The van der Waals surface area contributed by atoms with Gasteiger partial charge >= 0.3 is 0 Å². The molecule has 2 aromatic rings. The van der Waals surface area contributed by atoms with Crippen molar-refractivity contribution in [1.82, 2.24) is 15.5 Å². The molecule has 2 heterocycles. The van der Waals surface area contributed by atoms with Crippen molar-refractivity contribution >= 4 is 29.6 Å². The number of halogens is 1. The Labute approximate surface area is 196 Å². The molecule has 1 aromatic carbocycles. The average Bonchev–Trinajstić information content (AvgIpc) is 3.30. The number of hydrogen-bond donors (Lipinski definition) is 1. The molecule has 1 aromatic heterocycles. The summed E-state index contributed by atoms with van der Waals surface area (Å²) in [6.45, 7) is 1.66. The van der Waals surface area contributed by atoms with Crippen LogP contribution in [0.25, 0.3) is 0 Å². The Morgan fingerprint density at radius 3 is 2.52 bits per heavy atom. The van der Waals surface area contributed by atoms with Gasteiger partial charge in [0.1, 0.15) is 18.1 Å². The van der Waals surface area contributed by atoms with Crippen molar-refractivity contribution in [3.63, 3.8) is 0 Å². The van der Waals surface area contributed by atoms with E-state index in [1.807, 2.05) is 12.1 Å². The summed E-state index contributed by atoms with van der Waals surface area (Å²) >= 11 is 6.08. The van der Waals surface area contributed by atoms with Crippen LogP contribution < -0.4 is 15.0 Å². The van der Waals surface area contributed by atoms with Crippen molar-refractivity contribution in [1.29, 1.82) is 5.26 Å². The van der Waals surface area contributed by atoms with E-state index in [2.05, 4.69) is 20.4 Å². The zero-order valence-corrected chi connectivity index (χ0v) is 18.7. The van der Waals surface area contributed by atoms with Crippen LogP contribution in [0.1, 0.15) is 41.7 Å². The summed E-state index contributed by atoms with van der Waals surface area (Å²) in [5.74, 6) is 2.28. The molecule has 1 N–H and O–H groups in total. The van der Waals surface area contributed by atoms with Crippen molar-refractivity contribution < 1.29 is 14.3 Å². The molecule has 3 fully saturated rings. The van der Waals surface area contributed by atoms with Gasteiger partial charge in [-0.1, -0.05) is 11.6 Å². The van der Waals surface area contributed by atoms with Crippen LogP contribution in [0.5, 0.6) is 5.75 Å². The second kappa shape index (κ2) is 8.99. The molecular formula is C24H24ClN5O3. The predicted molar refractivity (Wildman–Crippen MR) is 121 cm³/mol. The Hall–Kier alpha value is -3.18. The molecule has 1 aliphatic heterocycles. The average molecular weight is 466 g/mol. The smallest absolute Gasteiger partial charge is 0.272 e. The van der Waals surface area contributed by atoms with Gasteiger partial charge in [-0.2, -0.15) is 5.26 Å². The highest BCUT2D eigenvalue weighted by atomic mass is 35.5. The number of benzene rings is 1. The maximum Gasteiger partial charge on any atom is 0.272 e. The van der Waals surface area contributed by atoms with Crippen LogP contribution in [0.3, 0.4) is 0 Å². The molecular weight excluding hydrogens is 442 g/mol. The second-order valence-corrected chi connectivity index (χ2v) is 9.45. The first kappa shape index (κ1) is 21.7. The van der Waals surface area contributed by atoms with E-state index in [0.717, 1.165) is 50.9 Å². The van der Waals surface area contributed by atoms with Gasteiger partial charge in [-0.15, -0.1) is 10.2 Å². The number of piperidine rings is 1. The zero-order chi connectivity index (χ0) is 22.9. The SMILES string of the molecule is N#Cc1ccc(OC2CCC(NC(=O)c3ccc(N4CC5C(C=O)C5C4)nn3)CC2)cc1Cl. The minimum absolute atomic E-state index is 0.0479. The van der Waals surface area contributed by atoms with Gasteiger partial charge in [0.2, 0.25) is 0 Å². The van der Waals surface area contributed by atoms with Gasteiger partial charge in [0.25, 0.3) is 5.91 Å².